The van der Waals surface area contributed by atoms with Crippen molar-refractivity contribution in [1.82, 2.24) is 45.8 Å². The van der Waals surface area contributed by atoms with Crippen molar-refractivity contribution < 1.29 is 38.2 Å². The maximum Gasteiger partial charge on any atom is 0.255 e. The number of ether oxygens (including phenoxy) is 2. The molecule has 23 heteroatoms. The lowest BCUT2D eigenvalue weighted by molar-refractivity contribution is -0.129. The SMILES string of the molecule is CCCC(C(=O)NC=O)N1Cc2c(NC(=O)COCCNCCn3cc(CNC(=O)c4ccc(Nc5ncc6c(n5)N(Cc5ccc(C#N)s5)C(CC)C(=O)N6C)c(OC)c4)nn3)cccc2C1=O. The summed E-state index contributed by atoms with van der Waals surface area (Å²) in [4.78, 5) is 91.6. The molecule has 2 aromatic carbocycles. The van der Waals surface area contributed by atoms with Crippen LogP contribution in [-0.2, 0) is 50.1 Å². The number of nitrogens with one attached hydrogen (secondary N) is 5. The van der Waals surface area contributed by atoms with E-state index in [9.17, 15) is 34.0 Å². The van der Waals surface area contributed by atoms with Crippen molar-refractivity contribution >= 4 is 76.1 Å². The number of nitrogens with zero attached hydrogens (tertiary/aromatic N) is 9. The third-order valence-corrected chi connectivity index (χ3v) is 12.4. The lowest BCUT2D eigenvalue weighted by Crippen LogP contribution is -2.52. The molecule has 0 radical (unpaired) electrons. The highest BCUT2D eigenvalue weighted by Gasteiger charge is 2.39. The Balaban J connectivity index is 0.840. The topological polar surface area (TPSA) is 271 Å². The highest BCUT2D eigenvalue weighted by atomic mass is 32.1. The van der Waals surface area contributed by atoms with Crippen LogP contribution in [0.4, 0.5) is 28.8 Å². The van der Waals surface area contributed by atoms with E-state index in [1.807, 2.05) is 24.8 Å². The van der Waals surface area contributed by atoms with E-state index in [1.54, 1.807) is 71.5 Å². The number of imide groups is 1. The largest absolute Gasteiger partial charge is 0.495 e. The first-order valence-electron chi connectivity index (χ1n) is 22.2. The number of rotatable bonds is 23. The van der Waals surface area contributed by atoms with E-state index in [0.717, 1.165) is 4.88 Å². The molecule has 2 unspecified atom stereocenters. The Labute approximate surface area is 401 Å². The number of fused-ring (bicyclic) bond motifs is 2. The standard InChI is InChI=1S/C46H52N14O8S/c1-5-8-37(43(64)51-27-61)60-25-33-32(44(60)65)9-7-10-34(33)52-40(62)26-68-18-16-48-15-17-58-23-29(55-56-58)21-49-42(63)28-11-14-35(39(19-28)67-4)53-46-50-22-38-41(54-46)59(36(6-2)45(66)57(38)3)24-31-13-12-30(20-47)69-31/h7,9-14,19,22-23,27,36-37,48H,5-6,8,15-18,21,24-26H2,1-4H3,(H,49,63)(H,52,62)(H,50,53,54)(H,51,61,64). The van der Waals surface area contributed by atoms with Gasteiger partial charge in [-0.2, -0.15) is 10.2 Å². The number of anilines is 5. The lowest BCUT2D eigenvalue weighted by atomic mass is 10.1. The maximum atomic E-state index is 13.3. The van der Waals surface area contributed by atoms with Gasteiger partial charge in [-0.15, -0.1) is 16.4 Å². The second-order valence-corrected chi connectivity index (χ2v) is 17.1. The number of amides is 6. The van der Waals surface area contributed by atoms with Crippen LogP contribution >= 0.6 is 11.3 Å². The molecule has 2 aliphatic rings. The smallest absolute Gasteiger partial charge is 0.255 e. The Kier molecular flexibility index (Phi) is 16.2. The number of hydrogen-bond donors (Lipinski definition) is 5. The van der Waals surface area contributed by atoms with Gasteiger partial charge in [-0.05, 0) is 55.3 Å². The van der Waals surface area contributed by atoms with Gasteiger partial charge >= 0.3 is 0 Å². The van der Waals surface area contributed by atoms with Crippen molar-refractivity contribution in [3.8, 4) is 11.8 Å². The number of carbonyl (C=O) groups excluding carboxylic acids is 6. The van der Waals surface area contributed by atoms with Crippen molar-refractivity contribution in [2.24, 2.45) is 0 Å². The molecular formula is C46H52N14O8S. The van der Waals surface area contributed by atoms with Gasteiger partial charge in [-0.25, -0.2) is 4.98 Å². The quantitative estimate of drug-likeness (QED) is 0.0465. The molecule has 2 atom stereocenters. The van der Waals surface area contributed by atoms with Crippen LogP contribution in [0, 0.1) is 11.3 Å². The van der Waals surface area contributed by atoms with Gasteiger partial charge in [0, 0.05) is 53.9 Å². The number of thiophene rings is 1. The highest BCUT2D eigenvalue weighted by molar-refractivity contribution is 7.12. The predicted molar refractivity (Wildman–Crippen MR) is 254 cm³/mol. The van der Waals surface area contributed by atoms with Crippen LogP contribution in [0.25, 0.3) is 0 Å². The molecule has 360 valence electrons. The zero-order valence-electron chi connectivity index (χ0n) is 38.5. The molecule has 0 spiro atoms. The summed E-state index contributed by atoms with van der Waals surface area (Å²) in [6.07, 6.45) is 5.17. The molecule has 6 amide bonds. The number of benzene rings is 2. The molecule has 5 N–H and O–H groups in total. The fourth-order valence-electron chi connectivity index (χ4n) is 8.02. The maximum absolute atomic E-state index is 13.3. The van der Waals surface area contributed by atoms with Crippen molar-refractivity contribution in [1.29, 1.82) is 5.26 Å². The number of aromatic nitrogens is 5. The molecule has 0 saturated carbocycles. The summed E-state index contributed by atoms with van der Waals surface area (Å²) in [7, 11) is 3.19. The summed E-state index contributed by atoms with van der Waals surface area (Å²) in [5.74, 6) is -0.535. The van der Waals surface area contributed by atoms with Crippen LogP contribution in [0.2, 0.25) is 0 Å². The minimum absolute atomic E-state index is 0.0737. The molecule has 3 aromatic heterocycles. The molecule has 0 aliphatic carbocycles. The molecular weight excluding hydrogens is 909 g/mol. The number of likely N-dealkylation sites (N-methyl/N-ethyl adjacent to an activating group) is 1. The van der Waals surface area contributed by atoms with Gasteiger partial charge in [0.25, 0.3) is 11.8 Å². The van der Waals surface area contributed by atoms with E-state index < -0.39 is 23.9 Å². The number of nitriles is 1. The molecule has 5 aromatic rings. The summed E-state index contributed by atoms with van der Waals surface area (Å²) >= 11 is 1.37. The van der Waals surface area contributed by atoms with Gasteiger partial charge in [0.15, 0.2) is 5.82 Å². The Morgan fingerprint density at radius 3 is 2.68 bits per heavy atom. The number of carbonyl (C=O) groups is 6. The fourth-order valence-corrected chi connectivity index (χ4v) is 8.82. The zero-order valence-corrected chi connectivity index (χ0v) is 39.3. The first-order valence-corrected chi connectivity index (χ1v) is 23.1. The van der Waals surface area contributed by atoms with Crippen molar-refractivity contribution in [2.45, 2.75) is 71.4 Å². The van der Waals surface area contributed by atoms with Gasteiger partial charge in [0.1, 0.15) is 46.8 Å². The van der Waals surface area contributed by atoms with Crippen LogP contribution in [0.3, 0.4) is 0 Å². The Bertz CT molecular complexity index is 2750. The molecule has 0 fully saturated rings. The third kappa shape index (κ3) is 11.5. The summed E-state index contributed by atoms with van der Waals surface area (Å²) in [5.41, 5.74) is 3.39. The summed E-state index contributed by atoms with van der Waals surface area (Å²) in [6, 6.07) is 14.4. The summed E-state index contributed by atoms with van der Waals surface area (Å²) in [5, 5.41) is 31.9. The lowest BCUT2D eigenvalue weighted by Gasteiger charge is -2.40. The van der Waals surface area contributed by atoms with Gasteiger partial charge < -0.3 is 45.4 Å². The van der Waals surface area contributed by atoms with Gasteiger partial charge in [-0.1, -0.05) is 31.5 Å². The van der Waals surface area contributed by atoms with Crippen molar-refractivity contribution in [3.05, 3.63) is 93.1 Å². The van der Waals surface area contributed by atoms with E-state index >= 15 is 0 Å². The molecule has 5 heterocycles. The normalized spacial score (nSPS) is 14.4. The van der Waals surface area contributed by atoms with Crippen LogP contribution in [0.5, 0.6) is 5.75 Å². The molecule has 0 saturated heterocycles. The number of methoxy groups -OCH3 is 1. The van der Waals surface area contributed by atoms with E-state index in [2.05, 4.69) is 47.9 Å². The van der Waals surface area contributed by atoms with E-state index in [-0.39, 0.29) is 50.0 Å². The van der Waals surface area contributed by atoms with Crippen LogP contribution < -0.4 is 41.1 Å². The summed E-state index contributed by atoms with van der Waals surface area (Å²) in [6.45, 7) is 5.94. The van der Waals surface area contributed by atoms with Crippen molar-refractivity contribution in [3.63, 3.8) is 0 Å². The summed E-state index contributed by atoms with van der Waals surface area (Å²) < 4.78 is 12.8. The monoisotopic (exact) mass is 960 g/mol. The first kappa shape index (κ1) is 49.1. The molecule has 69 heavy (non-hydrogen) atoms. The van der Waals surface area contributed by atoms with Crippen LogP contribution in [0.15, 0.2) is 60.9 Å². The van der Waals surface area contributed by atoms with Crippen LogP contribution in [0.1, 0.15) is 74.8 Å². The molecule has 22 nitrogen and oxygen atoms in total. The van der Waals surface area contributed by atoms with E-state index in [0.29, 0.717) is 108 Å². The third-order valence-electron chi connectivity index (χ3n) is 11.5. The predicted octanol–water partition coefficient (Wildman–Crippen LogP) is 3.09. The fraction of sp³-hybridized carbons (Fsp3) is 0.370. The second kappa shape index (κ2) is 22.8. The Morgan fingerprint density at radius 2 is 1.93 bits per heavy atom. The highest BCUT2D eigenvalue weighted by Crippen LogP contribution is 2.38. The first-order chi connectivity index (χ1) is 33.5. The second-order valence-electron chi connectivity index (χ2n) is 16.0. The van der Waals surface area contributed by atoms with Gasteiger partial charge in [-0.3, -0.25) is 38.8 Å². The minimum Gasteiger partial charge on any atom is -0.495 e. The van der Waals surface area contributed by atoms with Crippen LogP contribution in [-0.4, -0.2) is 118 Å². The average Bonchev–Trinajstić information content (AvgIpc) is 4.10. The Morgan fingerprint density at radius 1 is 1.09 bits per heavy atom. The Hall–Kier alpha value is -7.81. The zero-order chi connectivity index (χ0) is 49.0. The minimum atomic E-state index is -0.817. The van der Waals surface area contributed by atoms with Gasteiger partial charge in [0.05, 0.1) is 51.4 Å². The molecule has 2 aliphatic heterocycles. The molecule has 7 rings (SSSR count). The van der Waals surface area contributed by atoms with Gasteiger partial charge in [0.2, 0.25) is 30.1 Å². The van der Waals surface area contributed by atoms with E-state index in [4.69, 9.17) is 14.5 Å². The molecule has 0 bridgehead atoms. The van der Waals surface area contributed by atoms with Crippen molar-refractivity contribution in [2.75, 3.05) is 60.9 Å². The number of hydrogen-bond acceptors (Lipinski definition) is 17. The van der Waals surface area contributed by atoms with E-state index in [1.165, 1.54) is 23.3 Å². The average molecular weight is 961 g/mol.